The molecular weight excluding hydrogens is 168 g/mol. The third-order valence-electron chi connectivity index (χ3n) is 1.68. The van der Waals surface area contributed by atoms with Gasteiger partial charge in [0.25, 0.3) is 0 Å². The summed E-state index contributed by atoms with van der Waals surface area (Å²) in [6, 6.07) is 1.42. The number of carbonyl (C=O) groups is 2. The molecule has 1 aromatic heterocycles. The van der Waals surface area contributed by atoms with Crippen molar-refractivity contribution in [2.24, 2.45) is 0 Å². The predicted octanol–water partition coefficient (Wildman–Crippen LogP) is 1.07. The Bertz CT molecular complexity index is 372. The van der Waals surface area contributed by atoms with Crippen molar-refractivity contribution < 1.29 is 9.59 Å². The third-order valence-corrected chi connectivity index (χ3v) is 1.68. The summed E-state index contributed by atoms with van der Waals surface area (Å²) in [6.07, 6.45) is 1.33. The van der Waals surface area contributed by atoms with Crippen LogP contribution >= 0.6 is 0 Å². The van der Waals surface area contributed by atoms with Gasteiger partial charge in [0.15, 0.2) is 11.6 Å². The van der Waals surface area contributed by atoms with Crippen LogP contribution in [0.25, 0.3) is 0 Å². The van der Waals surface area contributed by atoms with Crippen molar-refractivity contribution in [3.8, 4) is 0 Å². The highest BCUT2D eigenvalue weighted by atomic mass is 16.1. The Kier molecular flexibility index (Phi) is 2.41. The van der Waals surface area contributed by atoms with E-state index in [1.54, 1.807) is 0 Å². The van der Waals surface area contributed by atoms with Gasteiger partial charge < -0.3 is 5.73 Å². The van der Waals surface area contributed by atoms with E-state index < -0.39 is 0 Å². The Hall–Kier alpha value is -1.71. The molecule has 1 aromatic rings. The van der Waals surface area contributed by atoms with Gasteiger partial charge in [-0.25, -0.2) is 0 Å². The summed E-state index contributed by atoms with van der Waals surface area (Å²) >= 11 is 0. The van der Waals surface area contributed by atoms with Gasteiger partial charge in [-0.05, 0) is 13.0 Å². The van der Waals surface area contributed by atoms with Gasteiger partial charge in [0.05, 0.1) is 5.56 Å². The monoisotopic (exact) mass is 178 g/mol. The molecule has 0 bridgehead atoms. The second-order valence-electron chi connectivity index (χ2n) is 2.77. The number of ketones is 2. The molecule has 0 saturated heterocycles. The van der Waals surface area contributed by atoms with Crippen LogP contribution in [-0.4, -0.2) is 16.6 Å². The fraction of sp³-hybridized carbons (Fsp3) is 0.222. The SMILES string of the molecule is CC(=O)c1cc(N)c(C(C)=O)cn1. The highest BCUT2D eigenvalue weighted by Crippen LogP contribution is 2.12. The summed E-state index contributed by atoms with van der Waals surface area (Å²) in [5, 5.41) is 0. The van der Waals surface area contributed by atoms with Crippen molar-refractivity contribution in [1.82, 2.24) is 4.98 Å². The van der Waals surface area contributed by atoms with E-state index in [9.17, 15) is 9.59 Å². The van der Waals surface area contributed by atoms with Gasteiger partial charge in [-0.3, -0.25) is 14.6 Å². The molecule has 0 atom stereocenters. The highest BCUT2D eigenvalue weighted by molar-refractivity contribution is 6.00. The van der Waals surface area contributed by atoms with Crippen LogP contribution in [0.2, 0.25) is 0 Å². The average Bonchev–Trinajstić information content (AvgIpc) is 2.03. The fourth-order valence-corrected chi connectivity index (χ4v) is 0.958. The number of carbonyl (C=O) groups excluding carboxylic acids is 2. The van der Waals surface area contributed by atoms with Crippen LogP contribution in [-0.2, 0) is 0 Å². The number of nitrogens with zero attached hydrogens (tertiary/aromatic N) is 1. The summed E-state index contributed by atoms with van der Waals surface area (Å²) < 4.78 is 0. The van der Waals surface area contributed by atoms with Crippen molar-refractivity contribution in [2.45, 2.75) is 13.8 Å². The van der Waals surface area contributed by atoms with Crippen LogP contribution in [0, 0.1) is 0 Å². The zero-order valence-electron chi connectivity index (χ0n) is 7.50. The predicted molar refractivity (Wildman–Crippen MR) is 48.7 cm³/mol. The van der Waals surface area contributed by atoms with Crippen molar-refractivity contribution in [1.29, 1.82) is 0 Å². The summed E-state index contributed by atoms with van der Waals surface area (Å²) in [5.41, 5.74) is 6.48. The van der Waals surface area contributed by atoms with E-state index in [0.29, 0.717) is 11.3 Å². The lowest BCUT2D eigenvalue weighted by molar-refractivity contribution is 0.0998. The number of aromatic nitrogens is 1. The van der Waals surface area contributed by atoms with E-state index >= 15 is 0 Å². The molecule has 0 aromatic carbocycles. The van der Waals surface area contributed by atoms with Gasteiger partial charge >= 0.3 is 0 Å². The minimum Gasteiger partial charge on any atom is -0.398 e. The molecule has 0 unspecified atom stereocenters. The Labute approximate surface area is 75.8 Å². The number of pyridine rings is 1. The lowest BCUT2D eigenvalue weighted by atomic mass is 10.1. The highest BCUT2D eigenvalue weighted by Gasteiger charge is 2.08. The Balaban J connectivity index is 3.20. The van der Waals surface area contributed by atoms with Gasteiger partial charge in [-0.15, -0.1) is 0 Å². The zero-order chi connectivity index (χ0) is 10.0. The number of nitrogens with two attached hydrogens (primary N) is 1. The second kappa shape index (κ2) is 3.35. The number of nitrogen functional groups attached to an aromatic ring is 1. The standard InChI is InChI=1S/C9H10N2O2/c1-5(12)7-4-11-9(6(2)13)3-8(7)10/h3-4H,1-2H3,(H2,10,11). The Morgan fingerprint density at radius 1 is 1.31 bits per heavy atom. The summed E-state index contributed by atoms with van der Waals surface area (Å²) in [4.78, 5) is 25.6. The van der Waals surface area contributed by atoms with Gasteiger partial charge in [-0.1, -0.05) is 0 Å². The van der Waals surface area contributed by atoms with Crippen LogP contribution in [0.15, 0.2) is 12.3 Å². The maximum absolute atomic E-state index is 10.9. The molecule has 4 heteroatoms. The topological polar surface area (TPSA) is 73.1 Å². The second-order valence-corrected chi connectivity index (χ2v) is 2.77. The molecule has 1 rings (SSSR count). The van der Waals surface area contributed by atoms with Gasteiger partial charge in [0, 0.05) is 18.8 Å². The number of rotatable bonds is 2. The van der Waals surface area contributed by atoms with E-state index in [-0.39, 0.29) is 17.3 Å². The van der Waals surface area contributed by atoms with Crippen molar-refractivity contribution >= 4 is 17.3 Å². The van der Waals surface area contributed by atoms with E-state index in [1.165, 1.54) is 26.1 Å². The Morgan fingerprint density at radius 2 is 1.92 bits per heavy atom. The first-order valence-corrected chi connectivity index (χ1v) is 3.79. The van der Waals surface area contributed by atoms with Crippen molar-refractivity contribution in [3.63, 3.8) is 0 Å². The fourth-order valence-electron chi connectivity index (χ4n) is 0.958. The normalized spacial score (nSPS) is 9.69. The molecule has 0 aliphatic rings. The van der Waals surface area contributed by atoms with E-state index in [2.05, 4.69) is 4.98 Å². The minimum absolute atomic E-state index is 0.153. The van der Waals surface area contributed by atoms with Crippen LogP contribution in [0.1, 0.15) is 34.7 Å². The van der Waals surface area contributed by atoms with E-state index in [1.807, 2.05) is 0 Å². The van der Waals surface area contributed by atoms with Gasteiger partial charge in [0.1, 0.15) is 5.69 Å². The molecule has 0 aliphatic heterocycles. The van der Waals surface area contributed by atoms with Crippen LogP contribution in [0.4, 0.5) is 5.69 Å². The molecule has 0 aliphatic carbocycles. The molecule has 68 valence electrons. The van der Waals surface area contributed by atoms with E-state index in [4.69, 9.17) is 5.73 Å². The molecule has 0 radical (unpaired) electrons. The summed E-state index contributed by atoms with van der Waals surface area (Å²) in [5.74, 6) is -0.318. The molecule has 0 saturated carbocycles. The van der Waals surface area contributed by atoms with Crippen LogP contribution in [0.3, 0.4) is 0 Å². The average molecular weight is 178 g/mol. The number of hydrogen-bond donors (Lipinski definition) is 1. The maximum Gasteiger partial charge on any atom is 0.178 e. The first-order valence-electron chi connectivity index (χ1n) is 3.79. The Morgan fingerprint density at radius 3 is 2.31 bits per heavy atom. The van der Waals surface area contributed by atoms with Crippen molar-refractivity contribution in [2.75, 3.05) is 5.73 Å². The molecule has 0 fully saturated rings. The molecule has 2 N–H and O–H groups in total. The van der Waals surface area contributed by atoms with Gasteiger partial charge in [-0.2, -0.15) is 0 Å². The smallest absolute Gasteiger partial charge is 0.178 e. The molecule has 4 nitrogen and oxygen atoms in total. The lowest BCUT2D eigenvalue weighted by Gasteiger charge is -2.01. The number of anilines is 1. The lowest BCUT2D eigenvalue weighted by Crippen LogP contribution is -2.04. The molecule has 1 heterocycles. The first kappa shape index (κ1) is 9.38. The number of Topliss-reactive ketones (excluding diaryl/α,β-unsaturated/α-hetero) is 2. The molecule has 0 spiro atoms. The zero-order valence-corrected chi connectivity index (χ0v) is 7.50. The van der Waals surface area contributed by atoms with Crippen LogP contribution < -0.4 is 5.73 Å². The molecule has 0 amide bonds. The van der Waals surface area contributed by atoms with Crippen LogP contribution in [0.5, 0.6) is 0 Å². The van der Waals surface area contributed by atoms with Crippen molar-refractivity contribution in [3.05, 3.63) is 23.5 Å². The summed E-state index contributed by atoms with van der Waals surface area (Å²) in [6.45, 7) is 2.80. The first-order chi connectivity index (χ1) is 6.02. The molecule has 13 heavy (non-hydrogen) atoms. The van der Waals surface area contributed by atoms with E-state index in [0.717, 1.165) is 0 Å². The van der Waals surface area contributed by atoms with Gasteiger partial charge in [0.2, 0.25) is 0 Å². The quantitative estimate of drug-likeness (QED) is 0.687. The summed E-state index contributed by atoms with van der Waals surface area (Å²) in [7, 11) is 0. The largest absolute Gasteiger partial charge is 0.398 e. The third kappa shape index (κ3) is 1.90. The minimum atomic E-state index is -0.165. The maximum atomic E-state index is 10.9. The number of hydrogen-bond acceptors (Lipinski definition) is 4. The molecular formula is C9H10N2O2.